The first-order chi connectivity index (χ1) is 15.9. The van der Waals surface area contributed by atoms with Crippen LogP contribution in [0.4, 0.5) is 4.79 Å². The molecule has 1 heterocycles. The lowest BCUT2D eigenvalue weighted by molar-refractivity contribution is -0.123. The van der Waals surface area contributed by atoms with E-state index in [0.29, 0.717) is 12.0 Å². The first kappa shape index (κ1) is 24.2. The molecule has 4 N–H and O–H groups in total. The molecular formula is C23H27N3O6S. The van der Waals surface area contributed by atoms with Crippen molar-refractivity contribution >= 4 is 28.8 Å². The molecule has 0 aliphatic carbocycles. The maximum absolute atomic E-state index is 12.9. The summed E-state index contributed by atoms with van der Waals surface area (Å²) in [5.41, 5.74) is 1.37. The van der Waals surface area contributed by atoms with Gasteiger partial charge in [-0.05, 0) is 29.0 Å². The van der Waals surface area contributed by atoms with E-state index in [1.807, 2.05) is 37.3 Å². The highest BCUT2D eigenvalue weighted by Crippen LogP contribution is 2.25. The van der Waals surface area contributed by atoms with Gasteiger partial charge in [0.1, 0.15) is 17.7 Å². The van der Waals surface area contributed by atoms with E-state index in [-0.39, 0.29) is 37.2 Å². The Morgan fingerprint density at radius 3 is 2.70 bits per heavy atom. The van der Waals surface area contributed by atoms with Crippen LogP contribution in [0, 0.1) is 0 Å². The molecule has 1 aliphatic heterocycles. The number of alkyl carbamates (subject to hydrolysis) is 1. The molecule has 0 spiro atoms. The molecule has 0 aromatic heterocycles. The number of amides is 2. The van der Waals surface area contributed by atoms with Crippen molar-refractivity contribution in [1.29, 1.82) is 0 Å². The van der Waals surface area contributed by atoms with Crippen LogP contribution in [0.5, 0.6) is 11.5 Å². The number of rotatable bonds is 9. The number of oxime groups is 1. The fourth-order valence-corrected chi connectivity index (χ4v) is 3.88. The van der Waals surface area contributed by atoms with Gasteiger partial charge >= 0.3 is 6.09 Å². The number of phenols is 2. The second-order valence-corrected chi connectivity index (χ2v) is 8.72. The molecule has 9 nitrogen and oxygen atoms in total. The van der Waals surface area contributed by atoms with E-state index >= 15 is 0 Å². The number of carbonyl (C=O) groups is 2. The number of hydrogen-bond acceptors (Lipinski definition) is 8. The van der Waals surface area contributed by atoms with Crippen LogP contribution >= 0.6 is 11.8 Å². The van der Waals surface area contributed by atoms with Crippen LogP contribution in [0.25, 0.3) is 0 Å². The normalized spacial score (nSPS) is 15.8. The van der Waals surface area contributed by atoms with Crippen molar-refractivity contribution in [2.45, 2.75) is 38.5 Å². The fourth-order valence-electron chi connectivity index (χ4n) is 3.15. The van der Waals surface area contributed by atoms with Gasteiger partial charge in [-0.3, -0.25) is 4.79 Å². The molecule has 2 aromatic rings. The van der Waals surface area contributed by atoms with Crippen molar-refractivity contribution in [1.82, 2.24) is 10.6 Å². The molecule has 2 amide bonds. The first-order valence-corrected chi connectivity index (χ1v) is 11.5. The number of nitrogens with one attached hydrogen (secondary N) is 2. The smallest absolute Gasteiger partial charge is 0.408 e. The van der Waals surface area contributed by atoms with Gasteiger partial charge in [0, 0.05) is 12.8 Å². The fraction of sp³-hybridized carbons (Fsp3) is 0.348. The Morgan fingerprint density at radius 2 is 1.97 bits per heavy atom. The van der Waals surface area contributed by atoms with Gasteiger partial charge < -0.3 is 30.4 Å². The Labute approximate surface area is 196 Å². The Bertz CT molecular complexity index is 985. The highest BCUT2D eigenvalue weighted by Gasteiger charge is 2.26. The quantitative estimate of drug-likeness (QED) is 0.412. The van der Waals surface area contributed by atoms with Gasteiger partial charge in [0.15, 0.2) is 17.6 Å². The van der Waals surface area contributed by atoms with Gasteiger partial charge in [-0.1, -0.05) is 48.5 Å². The van der Waals surface area contributed by atoms with E-state index in [4.69, 9.17) is 9.57 Å². The second-order valence-electron chi connectivity index (χ2n) is 7.38. The van der Waals surface area contributed by atoms with E-state index in [2.05, 4.69) is 15.8 Å². The van der Waals surface area contributed by atoms with Gasteiger partial charge in [-0.25, -0.2) is 4.79 Å². The first-order valence-electron chi connectivity index (χ1n) is 10.6. The minimum absolute atomic E-state index is 0.0616. The van der Waals surface area contributed by atoms with E-state index < -0.39 is 18.0 Å². The number of nitrogens with zero attached hydrogens (tertiary/aromatic N) is 1. The maximum Gasteiger partial charge on any atom is 0.408 e. The summed E-state index contributed by atoms with van der Waals surface area (Å²) < 4.78 is 5.24. The Balaban J connectivity index is 1.59. The molecule has 10 heteroatoms. The topological polar surface area (TPSA) is 129 Å². The molecule has 0 radical (unpaired) electrons. The minimum atomic E-state index is -0.968. The molecule has 176 valence electrons. The van der Waals surface area contributed by atoms with Gasteiger partial charge in [-0.2, -0.15) is 0 Å². The third kappa shape index (κ3) is 7.60. The largest absolute Gasteiger partial charge is 0.504 e. The van der Waals surface area contributed by atoms with Crippen LogP contribution in [-0.4, -0.2) is 51.7 Å². The SMILES string of the molecule is CCSC1=NOC(CNC(=O)[C@H](Cc2ccc(O)c(O)c2)NC(=O)OCc2ccccc2)C1. The molecule has 0 saturated carbocycles. The zero-order valence-electron chi connectivity index (χ0n) is 18.2. The lowest BCUT2D eigenvalue weighted by atomic mass is 10.0. The number of aromatic hydroxyl groups is 2. The van der Waals surface area contributed by atoms with Gasteiger partial charge in [0.2, 0.25) is 5.91 Å². The summed E-state index contributed by atoms with van der Waals surface area (Å²) in [6, 6.07) is 12.4. The number of benzene rings is 2. The molecular weight excluding hydrogens is 446 g/mol. The summed E-state index contributed by atoms with van der Waals surface area (Å²) in [4.78, 5) is 30.6. The molecule has 1 unspecified atom stereocenters. The van der Waals surface area contributed by atoms with Crippen molar-refractivity contribution in [3.63, 3.8) is 0 Å². The van der Waals surface area contributed by atoms with Crippen molar-refractivity contribution in [2.75, 3.05) is 12.3 Å². The molecule has 2 aromatic carbocycles. The average Bonchev–Trinajstić information content (AvgIpc) is 3.26. The predicted octanol–water partition coefficient (Wildman–Crippen LogP) is 2.91. The number of carbonyl (C=O) groups excluding carboxylic acids is 2. The average molecular weight is 474 g/mol. The summed E-state index contributed by atoms with van der Waals surface area (Å²) in [6.45, 7) is 2.32. The third-order valence-corrected chi connectivity index (χ3v) is 5.68. The summed E-state index contributed by atoms with van der Waals surface area (Å²) in [5, 5.41) is 29.6. The standard InChI is InChI=1S/C23H27N3O6S/c1-2-33-21-12-17(32-26-21)13-24-22(29)18(10-16-8-9-19(27)20(28)11-16)25-23(30)31-14-15-6-4-3-5-7-15/h3-9,11,17-18,27-28H,2,10,12-14H2,1H3,(H,24,29)(H,25,30)/t17?,18-/m0/s1. The number of ether oxygens (including phenoxy) is 1. The Morgan fingerprint density at radius 1 is 1.18 bits per heavy atom. The minimum Gasteiger partial charge on any atom is -0.504 e. The lowest BCUT2D eigenvalue weighted by Crippen LogP contribution is -2.49. The molecule has 33 heavy (non-hydrogen) atoms. The zero-order chi connectivity index (χ0) is 23.6. The summed E-state index contributed by atoms with van der Waals surface area (Å²) in [7, 11) is 0. The summed E-state index contributed by atoms with van der Waals surface area (Å²) in [6.07, 6.45) is -0.323. The maximum atomic E-state index is 12.9. The Hall–Kier alpha value is -3.40. The number of phenolic OH excluding ortho intramolecular Hbond substituents is 2. The monoisotopic (exact) mass is 473 g/mol. The van der Waals surface area contributed by atoms with Crippen LogP contribution in [0.2, 0.25) is 0 Å². The van der Waals surface area contributed by atoms with E-state index in [1.165, 1.54) is 12.1 Å². The van der Waals surface area contributed by atoms with Crippen LogP contribution in [-0.2, 0) is 27.4 Å². The van der Waals surface area contributed by atoms with Crippen LogP contribution in [0.1, 0.15) is 24.5 Å². The lowest BCUT2D eigenvalue weighted by Gasteiger charge is -2.19. The van der Waals surface area contributed by atoms with Crippen LogP contribution < -0.4 is 10.6 Å². The molecule has 3 rings (SSSR count). The second kappa shape index (κ2) is 12.0. The number of hydrogen-bond donors (Lipinski definition) is 4. The van der Waals surface area contributed by atoms with Crippen LogP contribution in [0.3, 0.4) is 0 Å². The Kier molecular flexibility index (Phi) is 8.82. The van der Waals surface area contributed by atoms with Gasteiger partial charge in [-0.15, -0.1) is 11.8 Å². The summed E-state index contributed by atoms with van der Waals surface area (Å²) in [5.74, 6) is -0.123. The van der Waals surface area contributed by atoms with Crippen molar-refractivity contribution < 1.29 is 29.4 Å². The molecule has 1 aliphatic rings. The van der Waals surface area contributed by atoms with Crippen molar-refractivity contribution in [3.05, 3.63) is 59.7 Å². The zero-order valence-corrected chi connectivity index (χ0v) is 19.0. The highest BCUT2D eigenvalue weighted by atomic mass is 32.2. The van der Waals surface area contributed by atoms with Gasteiger partial charge in [0.05, 0.1) is 6.54 Å². The molecule has 0 saturated heterocycles. The summed E-state index contributed by atoms with van der Waals surface area (Å²) >= 11 is 1.59. The van der Waals surface area contributed by atoms with Crippen molar-refractivity contribution in [2.24, 2.45) is 5.16 Å². The van der Waals surface area contributed by atoms with E-state index in [9.17, 15) is 19.8 Å². The van der Waals surface area contributed by atoms with Gasteiger partial charge in [0.25, 0.3) is 0 Å². The molecule has 0 bridgehead atoms. The molecule has 0 fully saturated rings. The van der Waals surface area contributed by atoms with Crippen LogP contribution in [0.15, 0.2) is 53.7 Å². The number of thioether (sulfide) groups is 1. The van der Waals surface area contributed by atoms with E-state index in [0.717, 1.165) is 16.4 Å². The van der Waals surface area contributed by atoms with Crippen molar-refractivity contribution in [3.8, 4) is 11.5 Å². The molecule has 2 atom stereocenters. The van der Waals surface area contributed by atoms with E-state index in [1.54, 1.807) is 17.8 Å². The third-order valence-electron chi connectivity index (χ3n) is 4.82. The highest BCUT2D eigenvalue weighted by molar-refractivity contribution is 8.13. The predicted molar refractivity (Wildman–Crippen MR) is 125 cm³/mol.